The standard InChI is InChI=1S/C19H22N4/c1-13(2)10-14-6-8-15(9-7-14)16-4-3-5-17(11-16)19(21)18(12-20)23-22/h3-9,11,13,23H,10,21-22H2,1-2H3/b19-18-. The fraction of sp³-hybridized carbons (Fsp3) is 0.211. The van der Waals surface area contributed by atoms with E-state index in [1.54, 1.807) is 0 Å². The molecule has 0 aliphatic heterocycles. The lowest BCUT2D eigenvalue weighted by Crippen LogP contribution is -2.23. The highest BCUT2D eigenvalue weighted by Crippen LogP contribution is 2.24. The van der Waals surface area contributed by atoms with Crippen molar-refractivity contribution in [2.75, 3.05) is 0 Å². The number of nitrogens with zero attached hydrogens (tertiary/aromatic N) is 1. The molecule has 2 rings (SSSR count). The zero-order valence-electron chi connectivity index (χ0n) is 13.5. The number of nitriles is 1. The monoisotopic (exact) mass is 306 g/mol. The summed E-state index contributed by atoms with van der Waals surface area (Å²) in [6.07, 6.45) is 1.07. The summed E-state index contributed by atoms with van der Waals surface area (Å²) in [4.78, 5) is 0. The number of hydrogen-bond acceptors (Lipinski definition) is 4. The topological polar surface area (TPSA) is 87.9 Å². The second-order valence-electron chi connectivity index (χ2n) is 5.92. The van der Waals surface area contributed by atoms with Crippen LogP contribution in [0.5, 0.6) is 0 Å². The molecule has 0 radical (unpaired) electrons. The number of rotatable bonds is 5. The van der Waals surface area contributed by atoms with Gasteiger partial charge in [0.05, 0.1) is 5.70 Å². The first-order valence-electron chi connectivity index (χ1n) is 7.61. The highest BCUT2D eigenvalue weighted by Gasteiger charge is 2.06. The van der Waals surface area contributed by atoms with Gasteiger partial charge in [-0.1, -0.05) is 56.3 Å². The van der Waals surface area contributed by atoms with Crippen LogP contribution in [0.4, 0.5) is 0 Å². The molecule has 0 bridgehead atoms. The third-order valence-corrected chi connectivity index (χ3v) is 3.63. The maximum atomic E-state index is 9.02. The van der Waals surface area contributed by atoms with E-state index in [2.05, 4.69) is 43.5 Å². The summed E-state index contributed by atoms with van der Waals surface area (Å²) in [5.41, 5.74) is 13.1. The number of allylic oxidation sites excluding steroid dienone is 1. The Morgan fingerprint density at radius 1 is 1.13 bits per heavy atom. The van der Waals surface area contributed by atoms with Gasteiger partial charge in [0, 0.05) is 5.56 Å². The summed E-state index contributed by atoms with van der Waals surface area (Å²) >= 11 is 0. The Hall–Kier alpha value is -2.77. The van der Waals surface area contributed by atoms with Gasteiger partial charge in [0.2, 0.25) is 0 Å². The first-order chi connectivity index (χ1) is 11.0. The Morgan fingerprint density at radius 2 is 1.83 bits per heavy atom. The van der Waals surface area contributed by atoms with E-state index in [-0.39, 0.29) is 5.70 Å². The molecule has 0 aliphatic rings. The highest BCUT2D eigenvalue weighted by molar-refractivity contribution is 5.74. The molecule has 2 aromatic carbocycles. The van der Waals surface area contributed by atoms with E-state index in [0.717, 1.165) is 23.1 Å². The Labute approximate surface area is 137 Å². The molecule has 4 heteroatoms. The lowest BCUT2D eigenvalue weighted by Gasteiger charge is -2.09. The van der Waals surface area contributed by atoms with Gasteiger partial charge in [-0.3, -0.25) is 0 Å². The van der Waals surface area contributed by atoms with Crippen molar-refractivity contribution in [2.24, 2.45) is 17.5 Å². The molecule has 0 atom stereocenters. The van der Waals surface area contributed by atoms with Gasteiger partial charge in [-0.25, -0.2) is 5.84 Å². The minimum absolute atomic E-state index is 0.162. The van der Waals surface area contributed by atoms with Crippen molar-refractivity contribution in [1.82, 2.24) is 5.43 Å². The van der Waals surface area contributed by atoms with Crippen molar-refractivity contribution in [3.05, 3.63) is 65.4 Å². The zero-order valence-corrected chi connectivity index (χ0v) is 13.5. The molecule has 2 aromatic rings. The fourth-order valence-corrected chi connectivity index (χ4v) is 2.49. The molecule has 4 nitrogen and oxygen atoms in total. The third-order valence-electron chi connectivity index (χ3n) is 3.63. The molecule has 0 unspecified atom stereocenters. The first kappa shape index (κ1) is 16.6. The minimum atomic E-state index is 0.162. The molecule has 0 heterocycles. The second-order valence-corrected chi connectivity index (χ2v) is 5.92. The van der Waals surface area contributed by atoms with Crippen LogP contribution in [0, 0.1) is 17.2 Å². The average Bonchev–Trinajstić information content (AvgIpc) is 2.56. The van der Waals surface area contributed by atoms with Crippen molar-refractivity contribution >= 4 is 5.70 Å². The van der Waals surface area contributed by atoms with E-state index in [4.69, 9.17) is 16.8 Å². The van der Waals surface area contributed by atoms with Crippen LogP contribution in [-0.4, -0.2) is 0 Å². The zero-order chi connectivity index (χ0) is 16.8. The molecule has 5 N–H and O–H groups in total. The molecular formula is C19H22N4. The second kappa shape index (κ2) is 7.48. The quantitative estimate of drug-likeness (QED) is 0.450. The van der Waals surface area contributed by atoms with Gasteiger partial charge >= 0.3 is 0 Å². The number of benzene rings is 2. The van der Waals surface area contributed by atoms with Crippen LogP contribution in [0.1, 0.15) is 25.0 Å². The molecule has 0 spiro atoms. The molecule has 118 valence electrons. The van der Waals surface area contributed by atoms with Gasteiger partial charge in [0.25, 0.3) is 0 Å². The van der Waals surface area contributed by atoms with Crippen molar-refractivity contribution in [2.45, 2.75) is 20.3 Å². The Bertz CT molecular complexity index is 737. The number of nitrogens with two attached hydrogens (primary N) is 2. The highest BCUT2D eigenvalue weighted by atomic mass is 15.2. The Kier molecular flexibility index (Phi) is 5.40. The molecule has 0 amide bonds. The predicted octanol–water partition coefficient (Wildman–Crippen LogP) is 3.17. The maximum Gasteiger partial charge on any atom is 0.151 e. The summed E-state index contributed by atoms with van der Waals surface area (Å²) in [6, 6.07) is 18.3. The van der Waals surface area contributed by atoms with E-state index in [0.29, 0.717) is 11.6 Å². The van der Waals surface area contributed by atoms with Gasteiger partial charge in [-0.15, -0.1) is 0 Å². The Morgan fingerprint density at radius 3 is 2.39 bits per heavy atom. The van der Waals surface area contributed by atoms with Crippen LogP contribution in [0.3, 0.4) is 0 Å². The molecule has 0 aliphatic carbocycles. The van der Waals surface area contributed by atoms with Crippen LogP contribution in [0.25, 0.3) is 16.8 Å². The summed E-state index contributed by atoms with van der Waals surface area (Å²) in [5, 5.41) is 9.02. The van der Waals surface area contributed by atoms with Gasteiger partial charge in [0.1, 0.15) is 6.07 Å². The van der Waals surface area contributed by atoms with E-state index >= 15 is 0 Å². The average molecular weight is 306 g/mol. The molecule has 0 saturated heterocycles. The SMILES string of the molecule is CC(C)Cc1ccc(-c2cccc(/C(N)=C(\C#N)NN)c2)cc1. The van der Waals surface area contributed by atoms with E-state index in [9.17, 15) is 0 Å². The lowest BCUT2D eigenvalue weighted by atomic mass is 9.97. The van der Waals surface area contributed by atoms with Gasteiger partial charge in [0.15, 0.2) is 5.70 Å². The third kappa shape index (κ3) is 4.12. The minimum Gasteiger partial charge on any atom is -0.396 e. The maximum absolute atomic E-state index is 9.02. The largest absolute Gasteiger partial charge is 0.396 e. The smallest absolute Gasteiger partial charge is 0.151 e. The summed E-state index contributed by atoms with van der Waals surface area (Å²) in [6.45, 7) is 4.43. The van der Waals surface area contributed by atoms with Crippen molar-refractivity contribution in [1.29, 1.82) is 5.26 Å². The molecule has 0 fully saturated rings. The normalized spacial score (nSPS) is 11.8. The molecule has 0 saturated carbocycles. The number of hydrazine groups is 1. The fourth-order valence-electron chi connectivity index (χ4n) is 2.49. The lowest BCUT2D eigenvalue weighted by molar-refractivity contribution is 0.647. The Balaban J connectivity index is 2.33. The number of nitrogens with one attached hydrogen (secondary N) is 1. The predicted molar refractivity (Wildman–Crippen MR) is 94.5 cm³/mol. The molecular weight excluding hydrogens is 284 g/mol. The molecule has 23 heavy (non-hydrogen) atoms. The van der Waals surface area contributed by atoms with E-state index < -0.39 is 0 Å². The van der Waals surface area contributed by atoms with Crippen LogP contribution < -0.4 is 17.0 Å². The van der Waals surface area contributed by atoms with Crippen LogP contribution in [0.2, 0.25) is 0 Å². The van der Waals surface area contributed by atoms with Crippen molar-refractivity contribution in [3.8, 4) is 17.2 Å². The van der Waals surface area contributed by atoms with Crippen molar-refractivity contribution < 1.29 is 0 Å². The summed E-state index contributed by atoms with van der Waals surface area (Å²) in [5.74, 6) is 5.96. The van der Waals surface area contributed by atoms with Crippen LogP contribution >= 0.6 is 0 Å². The van der Waals surface area contributed by atoms with E-state index in [1.807, 2.05) is 30.3 Å². The van der Waals surface area contributed by atoms with Crippen LogP contribution in [-0.2, 0) is 6.42 Å². The molecule has 0 aromatic heterocycles. The number of hydrogen-bond donors (Lipinski definition) is 3. The summed E-state index contributed by atoms with van der Waals surface area (Å²) < 4.78 is 0. The van der Waals surface area contributed by atoms with E-state index in [1.165, 1.54) is 5.56 Å². The van der Waals surface area contributed by atoms with Gasteiger partial charge in [-0.05, 0) is 35.1 Å². The summed E-state index contributed by atoms with van der Waals surface area (Å²) in [7, 11) is 0. The first-order valence-corrected chi connectivity index (χ1v) is 7.61. The van der Waals surface area contributed by atoms with Crippen LogP contribution in [0.15, 0.2) is 54.2 Å². The van der Waals surface area contributed by atoms with Gasteiger partial charge in [-0.2, -0.15) is 5.26 Å². The van der Waals surface area contributed by atoms with Gasteiger partial charge < -0.3 is 11.2 Å². The van der Waals surface area contributed by atoms with Crippen molar-refractivity contribution in [3.63, 3.8) is 0 Å².